The van der Waals surface area contributed by atoms with Crippen molar-refractivity contribution in [2.45, 2.75) is 11.1 Å². The second-order valence-electron chi connectivity index (χ2n) is 6.16. The van der Waals surface area contributed by atoms with Crippen molar-refractivity contribution in [3.8, 4) is 11.5 Å². The highest BCUT2D eigenvalue weighted by atomic mass is 32.2. The van der Waals surface area contributed by atoms with Crippen molar-refractivity contribution in [2.75, 3.05) is 4.72 Å². The molecular formula is C20H13F3N2O3S. The highest BCUT2D eigenvalue weighted by molar-refractivity contribution is 7.92. The number of oxazole rings is 1. The lowest BCUT2D eigenvalue weighted by molar-refractivity contribution is -0.139. The number of benzene rings is 3. The third kappa shape index (κ3) is 3.81. The molecule has 4 aromatic rings. The molecule has 0 aliphatic heterocycles. The summed E-state index contributed by atoms with van der Waals surface area (Å²) in [4.78, 5) is 3.51. The second-order valence-corrected chi connectivity index (χ2v) is 7.81. The Kier molecular flexibility index (Phi) is 4.54. The van der Waals surface area contributed by atoms with Gasteiger partial charge in [-0.3, -0.25) is 4.72 Å². The number of aromatic nitrogens is 1. The van der Waals surface area contributed by atoms with Gasteiger partial charge in [-0.2, -0.15) is 13.2 Å². The first kappa shape index (κ1) is 19.0. The van der Waals surface area contributed by atoms with Crippen molar-refractivity contribution in [1.29, 1.82) is 0 Å². The third-order valence-corrected chi connectivity index (χ3v) is 5.60. The van der Waals surface area contributed by atoms with E-state index in [0.29, 0.717) is 22.6 Å². The van der Waals surface area contributed by atoms with Crippen molar-refractivity contribution in [1.82, 2.24) is 4.98 Å². The van der Waals surface area contributed by atoms with Crippen LogP contribution < -0.4 is 4.72 Å². The summed E-state index contributed by atoms with van der Waals surface area (Å²) in [7, 11) is -4.43. The Morgan fingerprint density at radius 1 is 0.862 bits per heavy atom. The van der Waals surface area contributed by atoms with E-state index in [4.69, 9.17) is 4.42 Å². The summed E-state index contributed by atoms with van der Waals surface area (Å²) in [5.41, 5.74) is 0.768. The fraction of sp³-hybridized carbons (Fsp3) is 0.0500. The molecule has 0 radical (unpaired) electrons. The van der Waals surface area contributed by atoms with E-state index in [-0.39, 0.29) is 5.69 Å². The monoisotopic (exact) mass is 418 g/mol. The molecule has 0 fully saturated rings. The third-order valence-electron chi connectivity index (χ3n) is 4.16. The van der Waals surface area contributed by atoms with Gasteiger partial charge in [0.15, 0.2) is 5.58 Å². The largest absolute Gasteiger partial charge is 0.436 e. The topological polar surface area (TPSA) is 72.2 Å². The molecule has 0 amide bonds. The number of halogens is 3. The lowest BCUT2D eigenvalue weighted by Gasteiger charge is -2.14. The van der Waals surface area contributed by atoms with Gasteiger partial charge in [0, 0.05) is 11.3 Å². The molecule has 0 aliphatic rings. The smallest absolute Gasteiger partial charge is 0.417 e. The van der Waals surface area contributed by atoms with Crippen LogP contribution in [0.3, 0.4) is 0 Å². The highest BCUT2D eigenvalue weighted by Crippen LogP contribution is 2.34. The predicted octanol–water partition coefficient (Wildman–Crippen LogP) is 5.31. The molecule has 0 atom stereocenters. The normalized spacial score (nSPS) is 12.2. The minimum absolute atomic E-state index is 0.113. The van der Waals surface area contributed by atoms with Crippen molar-refractivity contribution >= 4 is 26.8 Å². The van der Waals surface area contributed by atoms with Gasteiger partial charge in [0.25, 0.3) is 10.0 Å². The van der Waals surface area contributed by atoms with Gasteiger partial charge in [0.2, 0.25) is 5.89 Å². The van der Waals surface area contributed by atoms with Crippen molar-refractivity contribution in [3.63, 3.8) is 0 Å². The minimum atomic E-state index is -4.79. The molecule has 0 aliphatic carbocycles. The number of hydrogen-bond donors (Lipinski definition) is 1. The summed E-state index contributed by atoms with van der Waals surface area (Å²) >= 11 is 0. The van der Waals surface area contributed by atoms with Crippen LogP contribution in [0.5, 0.6) is 0 Å². The number of nitrogens with zero attached hydrogens (tertiary/aromatic N) is 1. The number of hydrogen-bond acceptors (Lipinski definition) is 4. The molecule has 0 spiro atoms. The molecule has 4 rings (SSSR count). The Balaban J connectivity index is 1.62. The number of rotatable bonds is 4. The molecule has 0 unspecified atom stereocenters. The average Bonchev–Trinajstić information content (AvgIpc) is 3.12. The van der Waals surface area contributed by atoms with Crippen molar-refractivity contribution in [3.05, 3.63) is 78.4 Å². The maximum Gasteiger partial charge on any atom is 0.417 e. The Labute approximate surface area is 163 Å². The Hall–Kier alpha value is -3.33. The summed E-state index contributed by atoms with van der Waals surface area (Å²) in [5, 5.41) is 0. The molecule has 9 heteroatoms. The Morgan fingerprint density at radius 3 is 2.21 bits per heavy atom. The first-order valence-corrected chi connectivity index (χ1v) is 9.87. The number of para-hydroxylation sites is 2. The van der Waals surface area contributed by atoms with Crippen LogP contribution in [0, 0.1) is 0 Å². The molecule has 1 heterocycles. The molecule has 1 N–H and O–H groups in total. The standard InChI is InChI=1S/C20H13F3N2O3S/c21-20(22,23)15-5-1-4-8-18(15)29(26,27)25-14-11-9-13(10-12-14)19-24-16-6-2-3-7-17(16)28-19/h1-12,25H. The van der Waals surface area contributed by atoms with Crippen molar-refractivity contribution < 1.29 is 26.0 Å². The fourth-order valence-electron chi connectivity index (χ4n) is 2.82. The maximum atomic E-state index is 13.1. The van der Waals surface area contributed by atoms with Gasteiger partial charge in [-0.15, -0.1) is 0 Å². The lowest BCUT2D eigenvalue weighted by atomic mass is 10.2. The van der Waals surface area contributed by atoms with Gasteiger partial charge in [0.1, 0.15) is 5.52 Å². The molecule has 29 heavy (non-hydrogen) atoms. The molecule has 1 aromatic heterocycles. The molecule has 148 valence electrons. The SMILES string of the molecule is O=S(=O)(Nc1ccc(-c2nc3ccccc3o2)cc1)c1ccccc1C(F)(F)F. The molecule has 5 nitrogen and oxygen atoms in total. The van der Waals surface area contributed by atoms with E-state index in [1.807, 2.05) is 12.1 Å². The molecule has 0 saturated heterocycles. The van der Waals surface area contributed by atoms with Crippen LogP contribution in [-0.2, 0) is 16.2 Å². The van der Waals surface area contributed by atoms with E-state index in [0.717, 1.165) is 18.2 Å². The van der Waals surface area contributed by atoms with Crippen LogP contribution in [0.4, 0.5) is 18.9 Å². The van der Waals surface area contributed by atoms with Gasteiger partial charge in [-0.1, -0.05) is 24.3 Å². The molecule has 3 aromatic carbocycles. The number of nitrogens with one attached hydrogen (secondary N) is 1. The number of sulfonamides is 1. The summed E-state index contributed by atoms with van der Waals surface area (Å²) < 4.78 is 72.2. The van der Waals surface area contributed by atoms with Gasteiger partial charge in [-0.25, -0.2) is 13.4 Å². The first-order chi connectivity index (χ1) is 13.7. The van der Waals surface area contributed by atoms with E-state index < -0.39 is 26.7 Å². The van der Waals surface area contributed by atoms with Crippen LogP contribution in [0.15, 0.2) is 82.1 Å². The van der Waals surface area contributed by atoms with E-state index in [2.05, 4.69) is 9.71 Å². The number of fused-ring (bicyclic) bond motifs is 1. The summed E-state index contributed by atoms with van der Waals surface area (Å²) in [6.07, 6.45) is -4.79. The Bertz CT molecular complexity index is 1250. The van der Waals surface area contributed by atoms with Gasteiger partial charge in [0.05, 0.1) is 10.5 Å². The van der Waals surface area contributed by atoms with Crippen LogP contribution in [-0.4, -0.2) is 13.4 Å². The van der Waals surface area contributed by atoms with Gasteiger partial charge in [-0.05, 0) is 48.5 Å². The predicted molar refractivity (Wildman–Crippen MR) is 102 cm³/mol. The lowest BCUT2D eigenvalue weighted by Crippen LogP contribution is -2.18. The van der Waals surface area contributed by atoms with Crippen LogP contribution in [0.1, 0.15) is 5.56 Å². The summed E-state index contributed by atoms with van der Waals surface area (Å²) in [6, 6.07) is 17.2. The van der Waals surface area contributed by atoms with E-state index in [1.54, 1.807) is 24.3 Å². The number of anilines is 1. The van der Waals surface area contributed by atoms with Crippen molar-refractivity contribution in [2.24, 2.45) is 0 Å². The first-order valence-electron chi connectivity index (χ1n) is 8.39. The van der Waals surface area contributed by atoms with Crippen LogP contribution >= 0.6 is 0 Å². The maximum absolute atomic E-state index is 13.1. The van der Waals surface area contributed by atoms with E-state index in [1.165, 1.54) is 18.2 Å². The van der Waals surface area contributed by atoms with Gasteiger partial charge < -0.3 is 4.42 Å². The van der Waals surface area contributed by atoms with Crippen LogP contribution in [0.25, 0.3) is 22.6 Å². The molecule has 0 saturated carbocycles. The second kappa shape index (κ2) is 6.93. The zero-order valence-electron chi connectivity index (χ0n) is 14.6. The van der Waals surface area contributed by atoms with Gasteiger partial charge >= 0.3 is 6.18 Å². The zero-order valence-corrected chi connectivity index (χ0v) is 15.5. The fourth-order valence-corrected chi connectivity index (χ4v) is 4.11. The minimum Gasteiger partial charge on any atom is -0.436 e. The Morgan fingerprint density at radius 2 is 1.52 bits per heavy atom. The zero-order chi connectivity index (χ0) is 20.6. The van der Waals surface area contributed by atoms with E-state index >= 15 is 0 Å². The van der Waals surface area contributed by atoms with Crippen LogP contribution in [0.2, 0.25) is 0 Å². The number of alkyl halides is 3. The molecule has 0 bridgehead atoms. The molecular weight excluding hydrogens is 405 g/mol. The average molecular weight is 418 g/mol. The summed E-state index contributed by atoms with van der Waals surface area (Å²) in [6.45, 7) is 0. The quantitative estimate of drug-likeness (QED) is 0.487. The summed E-state index contributed by atoms with van der Waals surface area (Å²) in [5.74, 6) is 0.350. The highest BCUT2D eigenvalue weighted by Gasteiger charge is 2.36. The van der Waals surface area contributed by atoms with E-state index in [9.17, 15) is 21.6 Å².